The smallest absolute Gasteiger partial charge is 0.00799 e. The second kappa shape index (κ2) is 6.18. The molecule has 1 heteroatoms. The van der Waals surface area contributed by atoms with Gasteiger partial charge in [-0.3, -0.25) is 0 Å². The number of hydrogen-bond acceptors (Lipinski definition) is 1. The molecule has 0 aliphatic rings. The lowest BCUT2D eigenvalue weighted by Crippen LogP contribution is -1.93. The quantitative estimate of drug-likeness (QED) is 0.626. The molecular formula is C17H19N. The Kier molecular flexibility index (Phi) is 4.32. The summed E-state index contributed by atoms with van der Waals surface area (Å²) in [6.07, 6.45) is 1.10. The summed E-state index contributed by atoms with van der Waals surface area (Å²) < 4.78 is 0. The Labute approximate surface area is 108 Å². The zero-order valence-corrected chi connectivity index (χ0v) is 10.8. The molecule has 1 nitrogen and oxygen atoms in total. The van der Waals surface area contributed by atoms with Crippen molar-refractivity contribution >= 4 is 21.5 Å². The molecule has 0 spiro atoms. The van der Waals surface area contributed by atoms with Gasteiger partial charge in [0.1, 0.15) is 0 Å². The van der Waals surface area contributed by atoms with Crippen molar-refractivity contribution in [1.82, 2.24) is 0 Å². The van der Waals surface area contributed by atoms with Gasteiger partial charge in [0.05, 0.1) is 0 Å². The summed E-state index contributed by atoms with van der Waals surface area (Å²) in [6.45, 7) is 2.88. The van der Waals surface area contributed by atoms with Crippen LogP contribution in [0.1, 0.15) is 13.3 Å². The number of benzene rings is 3. The summed E-state index contributed by atoms with van der Waals surface area (Å²) in [5.74, 6) is 0. The third-order valence-electron chi connectivity index (χ3n) is 2.94. The van der Waals surface area contributed by atoms with Crippen molar-refractivity contribution in [3.05, 3.63) is 60.7 Å². The van der Waals surface area contributed by atoms with E-state index >= 15 is 0 Å². The fourth-order valence-corrected chi connectivity index (χ4v) is 1.95. The second-order valence-corrected chi connectivity index (χ2v) is 4.30. The van der Waals surface area contributed by atoms with Crippen molar-refractivity contribution in [3.8, 4) is 0 Å². The van der Waals surface area contributed by atoms with Crippen LogP contribution in [0.2, 0.25) is 0 Å². The van der Waals surface area contributed by atoms with E-state index in [2.05, 4.69) is 67.6 Å². The maximum absolute atomic E-state index is 5.03. The van der Waals surface area contributed by atoms with Crippen molar-refractivity contribution in [2.75, 3.05) is 6.54 Å². The van der Waals surface area contributed by atoms with Crippen molar-refractivity contribution in [3.63, 3.8) is 0 Å². The fourth-order valence-electron chi connectivity index (χ4n) is 1.95. The first-order chi connectivity index (χ1) is 8.86. The van der Waals surface area contributed by atoms with Gasteiger partial charge in [0.25, 0.3) is 0 Å². The maximum Gasteiger partial charge on any atom is -0.00799 e. The van der Waals surface area contributed by atoms with Crippen LogP contribution >= 0.6 is 0 Å². The van der Waals surface area contributed by atoms with Crippen LogP contribution in [0.5, 0.6) is 0 Å². The number of nitrogens with two attached hydrogens (primary N) is 1. The number of fused-ring (bicyclic) bond motifs is 3. The molecule has 0 unspecified atom stereocenters. The minimum absolute atomic E-state index is 0.819. The van der Waals surface area contributed by atoms with Crippen molar-refractivity contribution < 1.29 is 0 Å². The van der Waals surface area contributed by atoms with Gasteiger partial charge in [-0.1, -0.05) is 67.6 Å². The Morgan fingerprint density at radius 1 is 0.722 bits per heavy atom. The average molecular weight is 237 g/mol. The molecule has 0 heterocycles. The maximum atomic E-state index is 5.03. The molecule has 92 valence electrons. The SMILES string of the molecule is CCCN.c1ccc2c(c1)ccc1ccccc12. The minimum atomic E-state index is 0.819. The van der Waals surface area contributed by atoms with E-state index in [9.17, 15) is 0 Å². The molecule has 2 N–H and O–H groups in total. The summed E-state index contributed by atoms with van der Waals surface area (Å²) >= 11 is 0. The minimum Gasteiger partial charge on any atom is -0.330 e. The lowest BCUT2D eigenvalue weighted by Gasteiger charge is -2.02. The Hall–Kier alpha value is -1.86. The summed E-state index contributed by atoms with van der Waals surface area (Å²) in [6, 6.07) is 21.4. The van der Waals surface area contributed by atoms with E-state index in [-0.39, 0.29) is 0 Å². The molecule has 0 atom stereocenters. The molecular weight excluding hydrogens is 218 g/mol. The van der Waals surface area contributed by atoms with Gasteiger partial charge in [-0.15, -0.1) is 0 Å². The van der Waals surface area contributed by atoms with E-state index in [1.165, 1.54) is 21.5 Å². The van der Waals surface area contributed by atoms with Crippen LogP contribution in [0.15, 0.2) is 60.7 Å². The van der Waals surface area contributed by atoms with Gasteiger partial charge in [0, 0.05) is 0 Å². The predicted octanol–water partition coefficient (Wildman–Crippen LogP) is 4.35. The molecule has 0 amide bonds. The zero-order valence-electron chi connectivity index (χ0n) is 10.8. The van der Waals surface area contributed by atoms with Gasteiger partial charge >= 0.3 is 0 Å². The molecule has 0 aliphatic heterocycles. The van der Waals surface area contributed by atoms with E-state index in [4.69, 9.17) is 5.73 Å². The van der Waals surface area contributed by atoms with Gasteiger partial charge in [-0.25, -0.2) is 0 Å². The van der Waals surface area contributed by atoms with E-state index in [0.29, 0.717) is 0 Å². The Morgan fingerprint density at radius 2 is 1.11 bits per heavy atom. The molecule has 0 saturated carbocycles. The second-order valence-electron chi connectivity index (χ2n) is 4.30. The highest BCUT2D eigenvalue weighted by atomic mass is 14.5. The predicted molar refractivity (Wildman–Crippen MR) is 80.8 cm³/mol. The fraction of sp³-hybridized carbons (Fsp3) is 0.176. The molecule has 0 radical (unpaired) electrons. The lowest BCUT2D eigenvalue weighted by atomic mass is 10.0. The molecule has 3 rings (SSSR count). The zero-order chi connectivity index (χ0) is 12.8. The van der Waals surface area contributed by atoms with Gasteiger partial charge in [-0.2, -0.15) is 0 Å². The van der Waals surface area contributed by atoms with Gasteiger partial charge in [-0.05, 0) is 34.5 Å². The number of rotatable bonds is 1. The Bertz CT molecular complexity index is 572. The molecule has 0 aliphatic carbocycles. The Morgan fingerprint density at radius 3 is 1.50 bits per heavy atom. The normalized spacial score (nSPS) is 10.1. The van der Waals surface area contributed by atoms with Crippen molar-refractivity contribution in [2.24, 2.45) is 5.73 Å². The monoisotopic (exact) mass is 237 g/mol. The van der Waals surface area contributed by atoms with Crippen LogP contribution in [0.25, 0.3) is 21.5 Å². The first-order valence-electron chi connectivity index (χ1n) is 6.43. The summed E-state index contributed by atoms with van der Waals surface area (Å²) in [4.78, 5) is 0. The highest BCUT2D eigenvalue weighted by molar-refractivity contribution is 6.07. The highest BCUT2D eigenvalue weighted by Gasteiger charge is 1.97. The lowest BCUT2D eigenvalue weighted by molar-refractivity contribution is 0.932. The summed E-state index contributed by atoms with van der Waals surface area (Å²) in [5.41, 5.74) is 5.03. The van der Waals surface area contributed by atoms with E-state index < -0.39 is 0 Å². The average Bonchev–Trinajstić information content (AvgIpc) is 2.47. The van der Waals surface area contributed by atoms with Gasteiger partial charge in [0.2, 0.25) is 0 Å². The Balaban J connectivity index is 0.000000267. The third kappa shape index (κ3) is 2.69. The van der Waals surface area contributed by atoms with Crippen LogP contribution in [-0.4, -0.2) is 6.54 Å². The molecule has 3 aromatic rings. The molecule has 3 aromatic carbocycles. The van der Waals surface area contributed by atoms with Crippen LogP contribution in [0.4, 0.5) is 0 Å². The molecule has 0 bridgehead atoms. The van der Waals surface area contributed by atoms with Gasteiger partial charge in [0.15, 0.2) is 0 Å². The van der Waals surface area contributed by atoms with Gasteiger partial charge < -0.3 is 5.73 Å². The molecule has 0 fully saturated rings. The van der Waals surface area contributed by atoms with Crippen LogP contribution in [0.3, 0.4) is 0 Å². The molecule has 18 heavy (non-hydrogen) atoms. The van der Waals surface area contributed by atoms with E-state index in [1.807, 2.05) is 0 Å². The topological polar surface area (TPSA) is 26.0 Å². The highest BCUT2D eigenvalue weighted by Crippen LogP contribution is 2.24. The standard InChI is InChI=1S/C14H10.C3H9N/c1-3-7-13-11(5-1)9-10-12-6-2-4-8-14(12)13;1-2-3-4/h1-10H;2-4H2,1H3. The summed E-state index contributed by atoms with van der Waals surface area (Å²) in [7, 11) is 0. The van der Waals surface area contributed by atoms with Crippen molar-refractivity contribution in [1.29, 1.82) is 0 Å². The number of hydrogen-bond donors (Lipinski definition) is 1. The van der Waals surface area contributed by atoms with E-state index in [0.717, 1.165) is 13.0 Å². The van der Waals surface area contributed by atoms with Crippen molar-refractivity contribution in [2.45, 2.75) is 13.3 Å². The largest absolute Gasteiger partial charge is 0.330 e. The third-order valence-corrected chi connectivity index (χ3v) is 2.94. The van der Waals surface area contributed by atoms with E-state index in [1.54, 1.807) is 0 Å². The molecule has 0 saturated heterocycles. The molecule has 0 aromatic heterocycles. The van der Waals surface area contributed by atoms with Crippen LogP contribution in [0, 0.1) is 0 Å². The summed E-state index contributed by atoms with van der Waals surface area (Å²) in [5, 5.41) is 5.30. The first-order valence-corrected chi connectivity index (χ1v) is 6.43. The first kappa shape index (κ1) is 12.6. The van der Waals surface area contributed by atoms with Crippen LogP contribution in [-0.2, 0) is 0 Å². The van der Waals surface area contributed by atoms with Crippen LogP contribution < -0.4 is 5.73 Å².